The highest BCUT2D eigenvalue weighted by Gasteiger charge is 2.35. The maximum Gasteiger partial charge on any atom is 0.126 e. The van der Waals surface area contributed by atoms with Gasteiger partial charge in [0.1, 0.15) is 5.75 Å². The van der Waals surface area contributed by atoms with E-state index < -0.39 is 0 Å². The molecule has 0 spiro atoms. The van der Waals surface area contributed by atoms with Gasteiger partial charge in [0.2, 0.25) is 0 Å². The number of methoxy groups -OCH3 is 1. The fourth-order valence-electron chi connectivity index (χ4n) is 2.43. The molecule has 1 heterocycles. The fraction of sp³-hybridized carbons (Fsp3) is 0.364. The molecule has 2 aliphatic carbocycles. The summed E-state index contributed by atoms with van der Waals surface area (Å²) in [7, 11) is 1.73. The predicted octanol–water partition coefficient (Wildman–Crippen LogP) is 2.23. The number of allylic oxidation sites excluding steroid dienone is 2. The molecular weight excluding hydrogens is 162 g/mol. The van der Waals surface area contributed by atoms with Crippen LogP contribution in [0.5, 0.6) is 5.75 Å². The van der Waals surface area contributed by atoms with Gasteiger partial charge in [0.15, 0.2) is 0 Å². The molecule has 0 amide bonds. The lowest BCUT2D eigenvalue weighted by atomic mass is 10.0. The Morgan fingerprint density at radius 3 is 3.08 bits per heavy atom. The van der Waals surface area contributed by atoms with Gasteiger partial charge in [-0.15, -0.1) is 0 Å². The highest BCUT2D eigenvalue weighted by Crippen LogP contribution is 2.50. The van der Waals surface area contributed by atoms with Gasteiger partial charge in [0.25, 0.3) is 0 Å². The molecular formula is C11H11NO. The van der Waals surface area contributed by atoms with E-state index in [1.54, 1.807) is 7.11 Å². The van der Waals surface area contributed by atoms with Crippen LogP contribution in [-0.4, -0.2) is 12.1 Å². The second kappa shape index (κ2) is 2.34. The van der Waals surface area contributed by atoms with E-state index in [0.717, 1.165) is 5.75 Å². The SMILES string of the molecule is COc1ccnc2c1C1C=CC2C1. The van der Waals surface area contributed by atoms with Gasteiger partial charge in [-0.25, -0.2) is 0 Å². The van der Waals surface area contributed by atoms with Crippen molar-refractivity contribution in [2.75, 3.05) is 7.11 Å². The third kappa shape index (κ3) is 0.804. The maximum absolute atomic E-state index is 5.34. The summed E-state index contributed by atoms with van der Waals surface area (Å²) in [5.41, 5.74) is 2.55. The van der Waals surface area contributed by atoms with Crippen LogP contribution in [0, 0.1) is 0 Å². The van der Waals surface area contributed by atoms with Crippen molar-refractivity contribution in [2.24, 2.45) is 0 Å². The molecule has 0 saturated carbocycles. The Kier molecular flexibility index (Phi) is 1.29. The normalized spacial score (nSPS) is 27.8. The first-order chi connectivity index (χ1) is 6.40. The third-order valence-electron chi connectivity index (χ3n) is 3.01. The summed E-state index contributed by atoms with van der Waals surface area (Å²) in [6.07, 6.45) is 7.57. The molecule has 2 aliphatic rings. The van der Waals surface area contributed by atoms with Gasteiger partial charge in [-0.3, -0.25) is 4.98 Å². The lowest BCUT2D eigenvalue weighted by Gasteiger charge is -2.12. The molecule has 2 unspecified atom stereocenters. The van der Waals surface area contributed by atoms with Crippen molar-refractivity contribution >= 4 is 0 Å². The van der Waals surface area contributed by atoms with Crippen LogP contribution < -0.4 is 4.74 Å². The molecule has 3 rings (SSSR count). The van der Waals surface area contributed by atoms with Gasteiger partial charge in [0.05, 0.1) is 12.8 Å². The van der Waals surface area contributed by atoms with Crippen LogP contribution in [0.1, 0.15) is 29.5 Å². The minimum absolute atomic E-state index is 0.551. The topological polar surface area (TPSA) is 22.1 Å². The lowest BCUT2D eigenvalue weighted by molar-refractivity contribution is 0.408. The quantitative estimate of drug-likeness (QED) is 0.607. The van der Waals surface area contributed by atoms with Crippen molar-refractivity contribution in [2.45, 2.75) is 18.3 Å². The molecule has 2 bridgehead atoms. The Hall–Kier alpha value is -1.31. The smallest absolute Gasteiger partial charge is 0.126 e. The number of nitrogens with zero attached hydrogens (tertiary/aromatic N) is 1. The molecule has 1 aromatic rings. The number of rotatable bonds is 1. The zero-order chi connectivity index (χ0) is 8.84. The van der Waals surface area contributed by atoms with E-state index in [2.05, 4.69) is 17.1 Å². The monoisotopic (exact) mass is 173 g/mol. The first-order valence-electron chi connectivity index (χ1n) is 4.61. The van der Waals surface area contributed by atoms with Gasteiger partial charge in [0, 0.05) is 23.6 Å². The summed E-state index contributed by atoms with van der Waals surface area (Å²) in [6, 6.07) is 1.95. The molecule has 2 atom stereocenters. The van der Waals surface area contributed by atoms with E-state index in [9.17, 15) is 0 Å². The van der Waals surface area contributed by atoms with Crippen LogP contribution in [0.4, 0.5) is 0 Å². The molecule has 1 aromatic heterocycles. The van der Waals surface area contributed by atoms with Crippen LogP contribution in [0.25, 0.3) is 0 Å². The van der Waals surface area contributed by atoms with Crippen molar-refractivity contribution in [3.05, 3.63) is 35.7 Å². The second-order valence-electron chi connectivity index (χ2n) is 3.65. The average molecular weight is 173 g/mol. The van der Waals surface area contributed by atoms with Gasteiger partial charge in [-0.05, 0) is 12.5 Å². The molecule has 13 heavy (non-hydrogen) atoms. The van der Waals surface area contributed by atoms with Gasteiger partial charge >= 0.3 is 0 Å². The summed E-state index contributed by atoms with van der Waals surface area (Å²) in [5, 5.41) is 0. The Morgan fingerprint density at radius 1 is 1.38 bits per heavy atom. The number of pyridine rings is 1. The first kappa shape index (κ1) is 7.13. The molecule has 0 saturated heterocycles. The van der Waals surface area contributed by atoms with Crippen molar-refractivity contribution < 1.29 is 4.74 Å². The Labute approximate surface area is 77.3 Å². The number of ether oxygens (including phenoxy) is 1. The largest absolute Gasteiger partial charge is 0.496 e. The van der Waals surface area contributed by atoms with E-state index >= 15 is 0 Å². The van der Waals surface area contributed by atoms with E-state index in [0.29, 0.717) is 11.8 Å². The van der Waals surface area contributed by atoms with Crippen molar-refractivity contribution in [1.82, 2.24) is 4.98 Å². The Balaban J connectivity index is 2.23. The van der Waals surface area contributed by atoms with E-state index in [1.165, 1.54) is 17.7 Å². The van der Waals surface area contributed by atoms with E-state index in [4.69, 9.17) is 4.74 Å². The van der Waals surface area contributed by atoms with Gasteiger partial charge < -0.3 is 4.74 Å². The lowest BCUT2D eigenvalue weighted by Crippen LogP contribution is -1.99. The summed E-state index contributed by atoms with van der Waals surface area (Å²) < 4.78 is 5.34. The molecule has 2 heteroatoms. The summed E-state index contributed by atoms with van der Waals surface area (Å²) in [6.45, 7) is 0. The average Bonchev–Trinajstić information content (AvgIpc) is 2.77. The maximum atomic E-state index is 5.34. The van der Waals surface area contributed by atoms with Crippen LogP contribution in [0.3, 0.4) is 0 Å². The fourth-order valence-corrected chi connectivity index (χ4v) is 2.43. The van der Waals surface area contributed by atoms with Crippen LogP contribution >= 0.6 is 0 Å². The van der Waals surface area contributed by atoms with Crippen LogP contribution in [0.15, 0.2) is 24.4 Å². The molecule has 0 aromatic carbocycles. The molecule has 2 nitrogen and oxygen atoms in total. The third-order valence-corrected chi connectivity index (χ3v) is 3.01. The van der Waals surface area contributed by atoms with Gasteiger partial charge in [-0.2, -0.15) is 0 Å². The Morgan fingerprint density at radius 2 is 2.23 bits per heavy atom. The summed E-state index contributed by atoms with van der Waals surface area (Å²) in [4.78, 5) is 4.42. The molecule has 0 radical (unpaired) electrons. The molecule has 66 valence electrons. The van der Waals surface area contributed by atoms with E-state index in [-0.39, 0.29) is 0 Å². The molecule has 0 fully saturated rings. The summed E-state index contributed by atoms with van der Waals surface area (Å²) >= 11 is 0. The van der Waals surface area contributed by atoms with Crippen molar-refractivity contribution in [3.8, 4) is 5.75 Å². The summed E-state index contributed by atoms with van der Waals surface area (Å²) in [5.74, 6) is 2.11. The van der Waals surface area contributed by atoms with Crippen LogP contribution in [0.2, 0.25) is 0 Å². The first-order valence-corrected chi connectivity index (χ1v) is 4.61. The van der Waals surface area contributed by atoms with Gasteiger partial charge in [-0.1, -0.05) is 12.2 Å². The minimum Gasteiger partial charge on any atom is -0.496 e. The molecule has 0 aliphatic heterocycles. The van der Waals surface area contributed by atoms with Crippen molar-refractivity contribution in [1.29, 1.82) is 0 Å². The number of aromatic nitrogens is 1. The van der Waals surface area contributed by atoms with E-state index in [1.807, 2.05) is 12.3 Å². The zero-order valence-electron chi connectivity index (χ0n) is 7.53. The standard InChI is InChI=1S/C11H11NO/c1-13-9-4-5-12-11-8-3-2-7(6-8)10(9)11/h2-5,7-8H,6H2,1H3. The molecule has 0 N–H and O–H groups in total. The highest BCUT2D eigenvalue weighted by atomic mass is 16.5. The highest BCUT2D eigenvalue weighted by molar-refractivity contribution is 5.51. The second-order valence-corrected chi connectivity index (χ2v) is 3.65. The predicted molar refractivity (Wildman–Crippen MR) is 50.0 cm³/mol. The number of fused-ring (bicyclic) bond motifs is 5. The zero-order valence-corrected chi connectivity index (χ0v) is 7.53. The number of hydrogen-bond acceptors (Lipinski definition) is 2. The van der Waals surface area contributed by atoms with Crippen LogP contribution in [-0.2, 0) is 0 Å². The Bertz CT molecular complexity index is 384. The number of hydrogen-bond donors (Lipinski definition) is 0. The minimum atomic E-state index is 0.551. The van der Waals surface area contributed by atoms with Crippen molar-refractivity contribution in [3.63, 3.8) is 0 Å².